The predicted molar refractivity (Wildman–Crippen MR) is 172 cm³/mol. The van der Waals surface area contributed by atoms with Gasteiger partial charge in [-0.2, -0.15) is 0 Å². The molecular formula is C37H40N2O6. The SMILES string of the molecule is COc1cc2c3cc1Oc1c(O)c(OC)cc4c1[C@@H](Cc1ccc(CO)c(c1)Oc1ccc(cc1)C[C@@H]3N(C)CC2)N(C)CC4. The van der Waals surface area contributed by atoms with E-state index in [1.165, 1.54) is 16.7 Å². The van der Waals surface area contributed by atoms with Crippen molar-refractivity contribution < 1.29 is 29.2 Å². The number of aromatic hydroxyl groups is 1. The Labute approximate surface area is 264 Å². The van der Waals surface area contributed by atoms with Gasteiger partial charge in [-0.15, -0.1) is 0 Å². The molecule has 8 nitrogen and oxygen atoms in total. The first-order chi connectivity index (χ1) is 21.9. The van der Waals surface area contributed by atoms with Crippen molar-refractivity contribution in [1.82, 2.24) is 9.80 Å². The minimum atomic E-state index is -0.124. The highest BCUT2D eigenvalue weighted by Crippen LogP contribution is 2.51. The molecule has 4 heterocycles. The minimum Gasteiger partial charge on any atom is -0.502 e. The van der Waals surface area contributed by atoms with Crippen LogP contribution in [-0.2, 0) is 32.3 Å². The fourth-order valence-electron chi connectivity index (χ4n) is 7.12. The predicted octanol–water partition coefficient (Wildman–Crippen LogP) is 6.34. The molecule has 0 aromatic heterocycles. The molecule has 4 aliphatic heterocycles. The number of aliphatic hydroxyl groups is 1. The normalized spacial score (nSPS) is 19.5. The van der Waals surface area contributed by atoms with Gasteiger partial charge < -0.3 is 29.2 Å². The number of rotatable bonds is 3. The fourth-order valence-corrected chi connectivity index (χ4v) is 7.12. The molecule has 6 bridgehead atoms. The zero-order chi connectivity index (χ0) is 31.2. The van der Waals surface area contributed by atoms with Crippen molar-refractivity contribution >= 4 is 0 Å². The van der Waals surface area contributed by atoms with Crippen molar-refractivity contribution in [2.75, 3.05) is 41.4 Å². The highest BCUT2D eigenvalue weighted by atomic mass is 16.5. The number of aliphatic hydroxyl groups excluding tert-OH is 1. The molecule has 0 fully saturated rings. The quantitative estimate of drug-likeness (QED) is 0.279. The van der Waals surface area contributed by atoms with Crippen LogP contribution >= 0.6 is 0 Å². The number of phenolic OH excluding ortho intramolecular Hbond substituents is 1. The molecule has 2 N–H and O–H groups in total. The standard InChI is InChI=1S/C37H40N2O6/c1-38-13-11-24-18-32(42-3)33-20-28(24)29(38)15-22-6-9-27(10-7-22)44-31-17-23(5-8-26(31)21-40)16-30-35-25(12-14-39(30)2)19-34(43-4)36(41)37(35)45-33/h5-10,17-20,29-30,40-41H,11-16,21H2,1-4H3/t29-,30+/m0/s1. The summed E-state index contributed by atoms with van der Waals surface area (Å²) >= 11 is 0. The van der Waals surface area contributed by atoms with Crippen LogP contribution in [0.3, 0.4) is 0 Å². The second-order valence-corrected chi connectivity index (χ2v) is 12.4. The largest absolute Gasteiger partial charge is 0.502 e. The smallest absolute Gasteiger partial charge is 0.201 e. The van der Waals surface area contributed by atoms with Crippen molar-refractivity contribution in [3.63, 3.8) is 0 Å². The summed E-state index contributed by atoms with van der Waals surface area (Å²) < 4.78 is 24.7. The minimum absolute atomic E-state index is 0.0291. The number of nitrogens with zero attached hydrogens (tertiary/aromatic N) is 2. The van der Waals surface area contributed by atoms with E-state index in [0.29, 0.717) is 35.2 Å². The van der Waals surface area contributed by atoms with E-state index in [1.54, 1.807) is 14.2 Å². The summed E-state index contributed by atoms with van der Waals surface area (Å²) in [5.74, 6) is 3.30. The maximum absolute atomic E-state index is 11.6. The van der Waals surface area contributed by atoms with E-state index in [2.05, 4.69) is 48.2 Å². The molecular weight excluding hydrogens is 568 g/mol. The molecule has 0 radical (unpaired) electrons. The summed E-state index contributed by atoms with van der Waals surface area (Å²) in [7, 11) is 7.49. The molecule has 4 aliphatic rings. The van der Waals surface area contributed by atoms with Gasteiger partial charge in [-0.05, 0) is 104 Å². The third-order valence-corrected chi connectivity index (χ3v) is 9.74. The Morgan fingerprint density at radius 2 is 1.42 bits per heavy atom. The molecule has 0 unspecified atom stereocenters. The molecule has 8 heteroatoms. The Morgan fingerprint density at radius 3 is 2.16 bits per heavy atom. The summed E-state index contributed by atoms with van der Waals surface area (Å²) in [6.07, 6.45) is 3.14. The third-order valence-electron chi connectivity index (χ3n) is 9.74. The second kappa shape index (κ2) is 11.9. The average Bonchev–Trinajstić information content (AvgIpc) is 3.05. The van der Waals surface area contributed by atoms with E-state index in [4.69, 9.17) is 18.9 Å². The zero-order valence-corrected chi connectivity index (χ0v) is 26.3. The molecule has 0 amide bonds. The first kappa shape index (κ1) is 29.5. The van der Waals surface area contributed by atoms with E-state index >= 15 is 0 Å². The van der Waals surface area contributed by atoms with Crippen molar-refractivity contribution in [2.24, 2.45) is 0 Å². The third kappa shape index (κ3) is 5.37. The number of hydrogen-bond donors (Lipinski definition) is 2. The monoisotopic (exact) mass is 608 g/mol. The lowest BCUT2D eigenvalue weighted by Crippen LogP contribution is -2.34. The van der Waals surface area contributed by atoms with Crippen LogP contribution in [-0.4, -0.2) is 61.4 Å². The Hall–Kier alpha value is -4.24. The number of hydrogen-bond acceptors (Lipinski definition) is 8. The highest BCUT2D eigenvalue weighted by molar-refractivity contribution is 5.63. The van der Waals surface area contributed by atoms with Gasteiger partial charge in [0.05, 0.1) is 20.8 Å². The number of ether oxygens (including phenoxy) is 4. The fraction of sp³-hybridized carbons (Fsp3) is 0.351. The molecule has 45 heavy (non-hydrogen) atoms. The van der Waals surface area contributed by atoms with E-state index in [9.17, 15) is 10.2 Å². The van der Waals surface area contributed by atoms with E-state index in [-0.39, 0.29) is 24.4 Å². The van der Waals surface area contributed by atoms with Crippen molar-refractivity contribution in [1.29, 1.82) is 0 Å². The Morgan fingerprint density at radius 1 is 0.756 bits per heavy atom. The zero-order valence-electron chi connectivity index (χ0n) is 26.3. The number of methoxy groups -OCH3 is 2. The molecule has 0 aliphatic carbocycles. The highest BCUT2D eigenvalue weighted by Gasteiger charge is 2.34. The Balaban J connectivity index is 1.45. The lowest BCUT2D eigenvalue weighted by Gasteiger charge is -2.37. The summed E-state index contributed by atoms with van der Waals surface area (Å²) in [5.41, 5.74) is 7.39. The maximum Gasteiger partial charge on any atom is 0.201 e. The summed E-state index contributed by atoms with van der Waals surface area (Å²) in [6, 6.07) is 20.4. The van der Waals surface area contributed by atoms with Crippen LogP contribution in [0.2, 0.25) is 0 Å². The van der Waals surface area contributed by atoms with Crippen LogP contribution in [0.15, 0.2) is 60.7 Å². The molecule has 4 aromatic carbocycles. The lowest BCUT2D eigenvalue weighted by atomic mass is 9.87. The van der Waals surface area contributed by atoms with Gasteiger partial charge in [-0.3, -0.25) is 9.80 Å². The maximum atomic E-state index is 11.6. The van der Waals surface area contributed by atoms with Gasteiger partial charge in [0.25, 0.3) is 0 Å². The van der Waals surface area contributed by atoms with Gasteiger partial charge in [0, 0.05) is 36.3 Å². The molecule has 234 valence electrons. The van der Waals surface area contributed by atoms with Gasteiger partial charge in [0.15, 0.2) is 23.0 Å². The average molecular weight is 609 g/mol. The number of likely N-dealkylation sites (N-methyl/N-ethyl adjacent to an activating group) is 2. The number of fused-ring (bicyclic) bond motifs is 2. The van der Waals surface area contributed by atoms with Gasteiger partial charge in [-0.25, -0.2) is 0 Å². The van der Waals surface area contributed by atoms with Crippen LogP contribution in [0, 0.1) is 0 Å². The molecule has 0 saturated carbocycles. The molecule has 0 saturated heterocycles. The first-order valence-corrected chi connectivity index (χ1v) is 15.6. The van der Waals surface area contributed by atoms with E-state index in [0.717, 1.165) is 60.4 Å². The van der Waals surface area contributed by atoms with Crippen LogP contribution < -0.4 is 18.9 Å². The summed E-state index contributed by atoms with van der Waals surface area (Å²) in [5, 5.41) is 21.8. The number of benzene rings is 4. The number of phenols is 1. The van der Waals surface area contributed by atoms with Crippen molar-refractivity contribution in [3.05, 3.63) is 99.6 Å². The Bertz CT molecular complexity index is 1740. The van der Waals surface area contributed by atoms with Crippen LogP contribution in [0.5, 0.6) is 40.2 Å². The second-order valence-electron chi connectivity index (χ2n) is 12.4. The van der Waals surface area contributed by atoms with E-state index < -0.39 is 0 Å². The molecule has 2 atom stereocenters. The van der Waals surface area contributed by atoms with Gasteiger partial charge >= 0.3 is 0 Å². The lowest BCUT2D eigenvalue weighted by molar-refractivity contribution is 0.220. The molecule has 0 spiro atoms. The van der Waals surface area contributed by atoms with Crippen molar-refractivity contribution in [2.45, 2.75) is 44.4 Å². The molecule has 8 rings (SSSR count). The Kier molecular flexibility index (Phi) is 7.81. The van der Waals surface area contributed by atoms with E-state index in [1.807, 2.05) is 36.4 Å². The van der Waals surface area contributed by atoms with Crippen LogP contribution in [0.1, 0.15) is 51.0 Å². The van der Waals surface area contributed by atoms with Gasteiger partial charge in [0.2, 0.25) is 5.75 Å². The molecule has 4 aromatic rings. The first-order valence-electron chi connectivity index (χ1n) is 15.6. The topological polar surface area (TPSA) is 83.9 Å². The van der Waals surface area contributed by atoms with Crippen LogP contribution in [0.25, 0.3) is 0 Å². The van der Waals surface area contributed by atoms with Gasteiger partial charge in [-0.1, -0.05) is 24.3 Å². The summed E-state index contributed by atoms with van der Waals surface area (Å²) in [4.78, 5) is 4.68. The summed E-state index contributed by atoms with van der Waals surface area (Å²) in [6.45, 7) is 1.65. The van der Waals surface area contributed by atoms with Crippen molar-refractivity contribution in [3.8, 4) is 40.2 Å². The van der Waals surface area contributed by atoms with Crippen LogP contribution in [0.4, 0.5) is 0 Å². The van der Waals surface area contributed by atoms with Gasteiger partial charge in [0.1, 0.15) is 11.5 Å².